The maximum Gasteiger partial charge on any atom is 0.164 e. The van der Waals surface area contributed by atoms with Gasteiger partial charge in [-0.15, -0.1) is 0 Å². The lowest BCUT2D eigenvalue weighted by atomic mass is 9.98. The molecule has 1 aromatic rings. The molecule has 0 atom stereocenters. The summed E-state index contributed by atoms with van der Waals surface area (Å²) in [5.41, 5.74) is 1.88. The van der Waals surface area contributed by atoms with Crippen molar-refractivity contribution in [3.05, 3.63) is 33.8 Å². The summed E-state index contributed by atoms with van der Waals surface area (Å²) >= 11 is 3.42. The van der Waals surface area contributed by atoms with Gasteiger partial charge in [-0.3, -0.25) is 4.79 Å². The van der Waals surface area contributed by atoms with Crippen LogP contribution in [0, 0.1) is 12.8 Å². The minimum Gasteiger partial charge on any atom is -0.294 e. The van der Waals surface area contributed by atoms with Crippen LogP contribution in [0.3, 0.4) is 0 Å². The predicted molar refractivity (Wildman–Crippen MR) is 62.7 cm³/mol. The molecule has 0 aromatic heterocycles. The van der Waals surface area contributed by atoms with Crippen LogP contribution in [0.2, 0.25) is 0 Å². The molecule has 0 radical (unpaired) electrons. The Labute approximate surface area is 93.7 Å². The number of rotatable bonds is 3. The molecule has 0 N–H and O–H groups in total. The van der Waals surface area contributed by atoms with Gasteiger partial charge >= 0.3 is 0 Å². The van der Waals surface area contributed by atoms with Gasteiger partial charge in [0.15, 0.2) is 5.78 Å². The first-order valence-corrected chi connectivity index (χ1v) is 5.60. The van der Waals surface area contributed by atoms with Crippen molar-refractivity contribution in [3.8, 4) is 0 Å². The smallest absolute Gasteiger partial charge is 0.164 e. The molecule has 1 aromatic carbocycles. The highest BCUT2D eigenvalue weighted by Crippen LogP contribution is 2.22. The number of benzene rings is 1. The van der Waals surface area contributed by atoms with E-state index in [1.807, 2.05) is 25.1 Å². The molecule has 14 heavy (non-hydrogen) atoms. The summed E-state index contributed by atoms with van der Waals surface area (Å²) in [6, 6.07) is 5.84. The van der Waals surface area contributed by atoms with Gasteiger partial charge in [-0.1, -0.05) is 41.9 Å². The van der Waals surface area contributed by atoms with Crippen molar-refractivity contribution < 1.29 is 4.79 Å². The van der Waals surface area contributed by atoms with E-state index < -0.39 is 0 Å². The minimum atomic E-state index is 0.227. The normalized spacial score (nSPS) is 10.6. The third-order valence-electron chi connectivity index (χ3n) is 2.09. The molecule has 0 aliphatic heterocycles. The van der Waals surface area contributed by atoms with Gasteiger partial charge in [-0.25, -0.2) is 0 Å². The van der Waals surface area contributed by atoms with Crippen molar-refractivity contribution in [2.24, 2.45) is 5.92 Å². The molecule has 0 saturated heterocycles. The lowest BCUT2D eigenvalue weighted by molar-refractivity contribution is 0.0966. The molecular formula is C12H15BrO. The van der Waals surface area contributed by atoms with E-state index in [-0.39, 0.29) is 5.78 Å². The van der Waals surface area contributed by atoms with Crippen molar-refractivity contribution in [3.63, 3.8) is 0 Å². The molecule has 0 aliphatic rings. The van der Waals surface area contributed by atoms with Crippen LogP contribution >= 0.6 is 15.9 Å². The van der Waals surface area contributed by atoms with E-state index in [1.165, 1.54) is 0 Å². The number of ketones is 1. The van der Waals surface area contributed by atoms with Crippen molar-refractivity contribution in [2.75, 3.05) is 0 Å². The Balaban J connectivity index is 3.00. The summed E-state index contributed by atoms with van der Waals surface area (Å²) < 4.78 is 0.906. The first kappa shape index (κ1) is 11.4. The van der Waals surface area contributed by atoms with Crippen molar-refractivity contribution in [1.29, 1.82) is 0 Å². The standard InChI is InChI=1S/C12H15BrO/c1-8(2)7-11(14)12-9(3)5-4-6-10(12)13/h4-6,8H,7H2,1-3H3. The largest absolute Gasteiger partial charge is 0.294 e. The second-order valence-electron chi connectivity index (χ2n) is 3.95. The van der Waals surface area contributed by atoms with Crippen LogP contribution in [-0.2, 0) is 0 Å². The van der Waals surface area contributed by atoms with E-state index in [1.54, 1.807) is 0 Å². The minimum absolute atomic E-state index is 0.227. The van der Waals surface area contributed by atoms with Gasteiger partial charge < -0.3 is 0 Å². The van der Waals surface area contributed by atoms with E-state index >= 15 is 0 Å². The Kier molecular flexibility index (Phi) is 3.87. The van der Waals surface area contributed by atoms with Gasteiger partial charge in [0.1, 0.15) is 0 Å². The van der Waals surface area contributed by atoms with Gasteiger partial charge in [0.25, 0.3) is 0 Å². The van der Waals surface area contributed by atoms with Crippen molar-refractivity contribution >= 4 is 21.7 Å². The summed E-state index contributed by atoms with van der Waals surface area (Å²) in [5.74, 6) is 0.638. The van der Waals surface area contributed by atoms with Gasteiger partial charge in [0.2, 0.25) is 0 Å². The highest BCUT2D eigenvalue weighted by Gasteiger charge is 2.13. The zero-order chi connectivity index (χ0) is 10.7. The zero-order valence-electron chi connectivity index (χ0n) is 8.80. The number of carbonyl (C=O) groups is 1. The van der Waals surface area contributed by atoms with Gasteiger partial charge in [-0.05, 0) is 24.5 Å². The molecule has 0 heterocycles. The number of halogens is 1. The highest BCUT2D eigenvalue weighted by atomic mass is 79.9. The fourth-order valence-corrected chi connectivity index (χ4v) is 2.14. The Morgan fingerprint density at radius 3 is 2.57 bits per heavy atom. The average Bonchev–Trinajstić information content (AvgIpc) is 2.01. The third kappa shape index (κ3) is 2.68. The van der Waals surface area contributed by atoms with Crippen LogP contribution in [-0.4, -0.2) is 5.78 Å². The van der Waals surface area contributed by atoms with E-state index in [2.05, 4.69) is 29.8 Å². The summed E-state index contributed by atoms with van der Waals surface area (Å²) in [6.07, 6.45) is 0.615. The fourth-order valence-electron chi connectivity index (χ4n) is 1.46. The topological polar surface area (TPSA) is 17.1 Å². The monoisotopic (exact) mass is 254 g/mol. The third-order valence-corrected chi connectivity index (χ3v) is 2.76. The molecule has 0 amide bonds. The molecule has 0 fully saturated rings. The van der Waals surface area contributed by atoms with Gasteiger partial charge in [0.05, 0.1) is 0 Å². The Hall–Kier alpha value is -0.630. The number of aryl methyl sites for hydroxylation is 1. The van der Waals surface area contributed by atoms with Crippen molar-refractivity contribution in [1.82, 2.24) is 0 Å². The summed E-state index contributed by atoms with van der Waals surface area (Å²) in [7, 11) is 0. The second kappa shape index (κ2) is 4.74. The molecule has 0 saturated carbocycles. The molecule has 0 aliphatic carbocycles. The molecule has 0 bridgehead atoms. The first-order chi connectivity index (χ1) is 6.52. The average molecular weight is 255 g/mol. The molecule has 1 nitrogen and oxygen atoms in total. The lowest BCUT2D eigenvalue weighted by Gasteiger charge is -2.08. The second-order valence-corrected chi connectivity index (χ2v) is 4.81. The summed E-state index contributed by atoms with van der Waals surface area (Å²) in [5, 5.41) is 0. The summed E-state index contributed by atoms with van der Waals surface area (Å²) in [6.45, 7) is 6.09. The van der Waals surface area contributed by atoms with Gasteiger partial charge in [-0.2, -0.15) is 0 Å². The number of hydrogen-bond donors (Lipinski definition) is 0. The van der Waals surface area contributed by atoms with Gasteiger partial charge in [0, 0.05) is 16.5 Å². The molecular weight excluding hydrogens is 240 g/mol. The Morgan fingerprint density at radius 2 is 2.07 bits per heavy atom. The molecule has 0 spiro atoms. The fraction of sp³-hybridized carbons (Fsp3) is 0.417. The lowest BCUT2D eigenvalue weighted by Crippen LogP contribution is -2.06. The number of Topliss-reactive ketones (excluding diaryl/α,β-unsaturated/α-hetero) is 1. The Morgan fingerprint density at radius 1 is 1.43 bits per heavy atom. The SMILES string of the molecule is Cc1cccc(Br)c1C(=O)CC(C)C. The van der Waals surface area contributed by atoms with Crippen LogP contribution in [0.1, 0.15) is 36.2 Å². The van der Waals surface area contributed by atoms with E-state index in [0.29, 0.717) is 12.3 Å². The maximum absolute atomic E-state index is 11.9. The van der Waals surface area contributed by atoms with E-state index in [0.717, 1.165) is 15.6 Å². The molecule has 0 unspecified atom stereocenters. The maximum atomic E-state index is 11.9. The highest BCUT2D eigenvalue weighted by molar-refractivity contribution is 9.10. The molecule has 1 rings (SSSR count). The van der Waals surface area contributed by atoms with Crippen LogP contribution in [0.5, 0.6) is 0 Å². The van der Waals surface area contributed by atoms with Crippen molar-refractivity contribution in [2.45, 2.75) is 27.2 Å². The van der Waals surface area contributed by atoms with Crippen LogP contribution in [0.4, 0.5) is 0 Å². The quantitative estimate of drug-likeness (QED) is 0.746. The summed E-state index contributed by atoms with van der Waals surface area (Å²) in [4.78, 5) is 11.9. The van der Waals surface area contributed by atoms with Crippen LogP contribution in [0.15, 0.2) is 22.7 Å². The first-order valence-electron chi connectivity index (χ1n) is 4.80. The Bertz CT molecular complexity index is 322. The van der Waals surface area contributed by atoms with E-state index in [4.69, 9.17) is 0 Å². The number of hydrogen-bond acceptors (Lipinski definition) is 1. The predicted octanol–water partition coefficient (Wildman–Crippen LogP) is 3.99. The zero-order valence-corrected chi connectivity index (χ0v) is 10.4. The number of carbonyl (C=O) groups excluding carboxylic acids is 1. The van der Waals surface area contributed by atoms with Crippen LogP contribution in [0.25, 0.3) is 0 Å². The molecule has 2 heteroatoms. The van der Waals surface area contributed by atoms with Crippen LogP contribution < -0.4 is 0 Å². The van der Waals surface area contributed by atoms with E-state index in [9.17, 15) is 4.79 Å². The molecule has 76 valence electrons.